The topological polar surface area (TPSA) is 54.9 Å². The van der Waals surface area contributed by atoms with Gasteiger partial charge in [-0.2, -0.15) is 0 Å². The van der Waals surface area contributed by atoms with E-state index >= 15 is 0 Å². The average molecular weight is 385 g/mol. The van der Waals surface area contributed by atoms with Crippen LogP contribution in [0.2, 0.25) is 0 Å². The normalized spacial score (nSPS) is 19.1. The molecule has 114 valence electrons. The van der Waals surface area contributed by atoms with Crippen molar-refractivity contribution in [1.82, 2.24) is 10.6 Å². The largest absolute Gasteiger partial charge is 0.382 e. The van der Waals surface area contributed by atoms with Gasteiger partial charge >= 0.3 is 0 Å². The molecule has 19 heavy (non-hydrogen) atoms. The van der Waals surface area contributed by atoms with Gasteiger partial charge in [-0.3, -0.25) is 4.99 Å². The standard InChI is InChI=1S/C13H27N3O2.HI/c1-3-17-9-5-4-8-15-13(14-2)16-11-12-7-6-10-18-12;/h12H,3-11H2,1-2H3,(H2,14,15,16);1H. The second-order valence-corrected chi connectivity index (χ2v) is 4.42. The van der Waals surface area contributed by atoms with Crippen LogP contribution in [0.4, 0.5) is 0 Å². The Labute approximate surface area is 133 Å². The van der Waals surface area contributed by atoms with Crippen LogP contribution in [-0.4, -0.2) is 52.0 Å². The second-order valence-electron chi connectivity index (χ2n) is 4.42. The van der Waals surface area contributed by atoms with Crippen molar-refractivity contribution in [3.8, 4) is 0 Å². The van der Waals surface area contributed by atoms with Crippen LogP contribution in [-0.2, 0) is 9.47 Å². The molecule has 0 spiro atoms. The summed E-state index contributed by atoms with van der Waals surface area (Å²) >= 11 is 0. The molecule has 0 bridgehead atoms. The Hall–Kier alpha value is -0.0800. The zero-order chi connectivity index (χ0) is 13.1. The van der Waals surface area contributed by atoms with E-state index in [9.17, 15) is 0 Å². The van der Waals surface area contributed by atoms with Gasteiger partial charge in [-0.05, 0) is 32.6 Å². The molecule has 1 aliphatic rings. The molecule has 0 aromatic rings. The smallest absolute Gasteiger partial charge is 0.191 e. The lowest BCUT2D eigenvalue weighted by atomic mass is 10.2. The van der Waals surface area contributed by atoms with E-state index in [1.54, 1.807) is 7.05 Å². The van der Waals surface area contributed by atoms with Gasteiger partial charge in [0.1, 0.15) is 0 Å². The first-order valence-electron chi connectivity index (χ1n) is 7.00. The van der Waals surface area contributed by atoms with Crippen LogP contribution in [0.5, 0.6) is 0 Å². The van der Waals surface area contributed by atoms with E-state index < -0.39 is 0 Å². The van der Waals surface area contributed by atoms with Gasteiger partial charge in [0.25, 0.3) is 0 Å². The highest BCUT2D eigenvalue weighted by molar-refractivity contribution is 14.0. The van der Waals surface area contributed by atoms with E-state index in [4.69, 9.17) is 9.47 Å². The number of nitrogens with one attached hydrogen (secondary N) is 2. The van der Waals surface area contributed by atoms with Gasteiger partial charge in [-0.1, -0.05) is 0 Å². The summed E-state index contributed by atoms with van der Waals surface area (Å²) in [5, 5.41) is 6.59. The van der Waals surface area contributed by atoms with Crippen LogP contribution >= 0.6 is 24.0 Å². The first-order chi connectivity index (χ1) is 8.86. The highest BCUT2D eigenvalue weighted by atomic mass is 127. The number of nitrogens with zero attached hydrogens (tertiary/aromatic N) is 1. The Balaban J connectivity index is 0.00000324. The minimum atomic E-state index is 0. The van der Waals surface area contributed by atoms with Crippen LogP contribution in [0.15, 0.2) is 4.99 Å². The molecular weight excluding hydrogens is 357 g/mol. The van der Waals surface area contributed by atoms with Crippen molar-refractivity contribution in [1.29, 1.82) is 0 Å². The van der Waals surface area contributed by atoms with E-state index in [-0.39, 0.29) is 24.0 Å². The van der Waals surface area contributed by atoms with Crippen molar-refractivity contribution in [2.45, 2.75) is 38.7 Å². The number of halogens is 1. The summed E-state index contributed by atoms with van der Waals surface area (Å²) < 4.78 is 10.8. The molecule has 1 fully saturated rings. The maximum Gasteiger partial charge on any atom is 0.191 e. The van der Waals surface area contributed by atoms with Gasteiger partial charge in [0, 0.05) is 40.0 Å². The average Bonchev–Trinajstić information content (AvgIpc) is 2.90. The van der Waals surface area contributed by atoms with Gasteiger partial charge in [0.05, 0.1) is 6.10 Å². The molecule has 5 nitrogen and oxygen atoms in total. The summed E-state index contributed by atoms with van der Waals surface area (Å²) in [4.78, 5) is 4.19. The van der Waals surface area contributed by atoms with Gasteiger partial charge in [-0.25, -0.2) is 0 Å². The van der Waals surface area contributed by atoms with E-state index in [0.29, 0.717) is 6.10 Å². The summed E-state index contributed by atoms with van der Waals surface area (Å²) in [6.45, 7) is 6.35. The molecule has 1 rings (SSSR count). The predicted octanol–water partition coefficient (Wildman–Crippen LogP) is 1.77. The van der Waals surface area contributed by atoms with Crippen molar-refractivity contribution in [3.05, 3.63) is 0 Å². The molecule has 0 aromatic heterocycles. The van der Waals surface area contributed by atoms with Crippen LogP contribution in [0.1, 0.15) is 32.6 Å². The Bertz CT molecular complexity index is 234. The molecule has 2 N–H and O–H groups in total. The van der Waals surface area contributed by atoms with Crippen LogP contribution in [0.25, 0.3) is 0 Å². The van der Waals surface area contributed by atoms with Crippen molar-refractivity contribution < 1.29 is 9.47 Å². The van der Waals surface area contributed by atoms with Crippen LogP contribution in [0, 0.1) is 0 Å². The Morgan fingerprint density at radius 2 is 2.21 bits per heavy atom. The maximum absolute atomic E-state index is 5.56. The van der Waals surface area contributed by atoms with E-state index in [1.165, 1.54) is 6.42 Å². The van der Waals surface area contributed by atoms with E-state index in [2.05, 4.69) is 15.6 Å². The molecule has 0 aromatic carbocycles. The highest BCUT2D eigenvalue weighted by Crippen LogP contribution is 2.10. The summed E-state index contributed by atoms with van der Waals surface area (Å²) in [5.41, 5.74) is 0. The number of unbranched alkanes of at least 4 members (excludes halogenated alkanes) is 1. The van der Waals surface area contributed by atoms with Gasteiger partial charge < -0.3 is 20.1 Å². The predicted molar refractivity (Wildman–Crippen MR) is 89.5 cm³/mol. The lowest BCUT2D eigenvalue weighted by Crippen LogP contribution is -2.41. The molecule has 1 unspecified atom stereocenters. The number of aliphatic imine (C=N–C) groups is 1. The summed E-state index contributed by atoms with van der Waals surface area (Å²) in [5.74, 6) is 0.863. The SMILES string of the molecule is CCOCCCCNC(=NC)NCC1CCCO1.I. The lowest BCUT2D eigenvalue weighted by Gasteiger charge is -2.14. The molecule has 6 heteroatoms. The third-order valence-corrected chi connectivity index (χ3v) is 2.96. The number of ether oxygens (including phenoxy) is 2. The fraction of sp³-hybridized carbons (Fsp3) is 0.923. The molecule has 1 saturated heterocycles. The zero-order valence-corrected chi connectivity index (χ0v) is 14.4. The minimum absolute atomic E-state index is 0. The first-order valence-corrected chi connectivity index (χ1v) is 7.00. The summed E-state index contributed by atoms with van der Waals surface area (Å²) in [6.07, 6.45) is 4.86. The van der Waals surface area contributed by atoms with Gasteiger partial charge in [0.2, 0.25) is 0 Å². The number of hydrogen-bond donors (Lipinski definition) is 2. The molecule has 0 amide bonds. The molecule has 0 aliphatic carbocycles. The first kappa shape index (κ1) is 18.9. The molecule has 1 heterocycles. The lowest BCUT2D eigenvalue weighted by molar-refractivity contribution is 0.114. The second kappa shape index (κ2) is 12.9. The summed E-state index contributed by atoms with van der Waals surface area (Å²) in [7, 11) is 1.80. The highest BCUT2D eigenvalue weighted by Gasteiger charge is 2.15. The van der Waals surface area contributed by atoms with Crippen molar-refractivity contribution in [2.24, 2.45) is 4.99 Å². The number of guanidine groups is 1. The Morgan fingerprint density at radius 1 is 1.37 bits per heavy atom. The van der Waals surface area contributed by atoms with E-state index in [0.717, 1.165) is 58.1 Å². The minimum Gasteiger partial charge on any atom is -0.382 e. The Kier molecular flexibility index (Phi) is 12.9. The summed E-state index contributed by atoms with van der Waals surface area (Å²) in [6, 6.07) is 0. The van der Waals surface area contributed by atoms with Crippen molar-refractivity contribution in [2.75, 3.05) is 40.0 Å². The molecule has 1 atom stereocenters. The number of rotatable bonds is 8. The van der Waals surface area contributed by atoms with Crippen LogP contribution in [0.3, 0.4) is 0 Å². The van der Waals surface area contributed by atoms with E-state index in [1.807, 2.05) is 6.92 Å². The monoisotopic (exact) mass is 385 g/mol. The molecular formula is C13H28IN3O2. The Morgan fingerprint density at radius 3 is 2.84 bits per heavy atom. The van der Waals surface area contributed by atoms with Gasteiger partial charge in [-0.15, -0.1) is 24.0 Å². The zero-order valence-electron chi connectivity index (χ0n) is 12.1. The van der Waals surface area contributed by atoms with Crippen molar-refractivity contribution >= 4 is 29.9 Å². The fourth-order valence-corrected chi connectivity index (χ4v) is 1.92. The third-order valence-electron chi connectivity index (χ3n) is 2.96. The third kappa shape index (κ3) is 9.45. The number of hydrogen-bond acceptors (Lipinski definition) is 3. The quantitative estimate of drug-likeness (QED) is 0.290. The fourth-order valence-electron chi connectivity index (χ4n) is 1.92. The van der Waals surface area contributed by atoms with Crippen LogP contribution < -0.4 is 10.6 Å². The molecule has 0 saturated carbocycles. The van der Waals surface area contributed by atoms with Crippen molar-refractivity contribution in [3.63, 3.8) is 0 Å². The molecule has 0 radical (unpaired) electrons. The maximum atomic E-state index is 5.56. The molecule has 1 aliphatic heterocycles. The van der Waals surface area contributed by atoms with Gasteiger partial charge in [0.15, 0.2) is 5.96 Å².